The van der Waals surface area contributed by atoms with Gasteiger partial charge in [-0.25, -0.2) is 9.69 Å². The van der Waals surface area contributed by atoms with E-state index in [9.17, 15) is 9.59 Å². The molecule has 1 aliphatic heterocycles. The summed E-state index contributed by atoms with van der Waals surface area (Å²) in [5.41, 5.74) is 0.842. The molecule has 2 amide bonds. The fraction of sp³-hybridized carbons (Fsp3) is 0.158. The summed E-state index contributed by atoms with van der Waals surface area (Å²) in [5.74, 6) is 1.32. The molecular formula is C19H16N4O4S2. The Labute approximate surface area is 174 Å². The Kier molecular flexibility index (Phi) is 5.92. The highest BCUT2D eigenvalue weighted by atomic mass is 32.2. The number of rotatable bonds is 7. The summed E-state index contributed by atoms with van der Waals surface area (Å²) in [7, 11) is 0. The minimum atomic E-state index is -0.588. The Morgan fingerprint density at radius 2 is 1.90 bits per heavy atom. The molecule has 0 spiro atoms. The third-order valence-electron chi connectivity index (χ3n) is 3.87. The zero-order valence-corrected chi connectivity index (χ0v) is 16.7. The van der Waals surface area contributed by atoms with Crippen molar-refractivity contribution in [2.75, 3.05) is 24.2 Å². The molecule has 0 radical (unpaired) electrons. The molecule has 1 fully saturated rings. The second-order valence-electron chi connectivity index (χ2n) is 5.89. The lowest BCUT2D eigenvalue weighted by Crippen LogP contribution is -2.32. The number of hydrogen-bond acceptors (Lipinski definition) is 9. The van der Waals surface area contributed by atoms with Crippen LogP contribution in [0, 0.1) is 0 Å². The van der Waals surface area contributed by atoms with E-state index in [-0.39, 0.29) is 18.3 Å². The number of carbonyl (C=O) groups excluding carboxylic acids is 2. The Morgan fingerprint density at radius 3 is 2.62 bits per heavy atom. The third-order valence-corrected chi connectivity index (χ3v) is 5.83. The molecule has 1 aromatic heterocycles. The average Bonchev–Trinajstić information content (AvgIpc) is 3.37. The predicted molar refractivity (Wildman–Crippen MR) is 110 cm³/mol. The van der Waals surface area contributed by atoms with Gasteiger partial charge in [-0.3, -0.25) is 4.79 Å². The van der Waals surface area contributed by atoms with E-state index in [2.05, 4.69) is 15.5 Å². The lowest BCUT2D eigenvalue weighted by atomic mass is 10.3. The monoisotopic (exact) mass is 428 g/mol. The maximum Gasteiger partial charge on any atom is 0.416 e. The molecule has 0 bridgehead atoms. The van der Waals surface area contributed by atoms with Crippen LogP contribution in [0.5, 0.6) is 11.5 Å². The van der Waals surface area contributed by atoms with Gasteiger partial charge in [-0.2, -0.15) is 0 Å². The van der Waals surface area contributed by atoms with Crippen LogP contribution in [0.2, 0.25) is 0 Å². The summed E-state index contributed by atoms with van der Waals surface area (Å²) < 4.78 is 11.2. The first-order valence-electron chi connectivity index (χ1n) is 8.71. The number of para-hydroxylation sites is 1. The van der Waals surface area contributed by atoms with Crippen molar-refractivity contribution in [2.45, 2.75) is 4.34 Å². The molecule has 0 atom stereocenters. The molecule has 0 aliphatic carbocycles. The van der Waals surface area contributed by atoms with Gasteiger partial charge >= 0.3 is 6.09 Å². The minimum Gasteiger partial charge on any atom is -0.457 e. The van der Waals surface area contributed by atoms with Gasteiger partial charge in [-0.1, -0.05) is 41.3 Å². The number of aromatic nitrogens is 2. The Morgan fingerprint density at radius 1 is 1.14 bits per heavy atom. The van der Waals surface area contributed by atoms with Crippen LogP contribution in [-0.2, 0) is 9.53 Å². The van der Waals surface area contributed by atoms with E-state index < -0.39 is 6.09 Å². The summed E-state index contributed by atoms with van der Waals surface area (Å²) in [4.78, 5) is 24.5. The van der Waals surface area contributed by atoms with Crippen molar-refractivity contribution in [1.82, 2.24) is 15.1 Å². The van der Waals surface area contributed by atoms with Gasteiger partial charge in [0.2, 0.25) is 11.0 Å². The van der Waals surface area contributed by atoms with Crippen molar-refractivity contribution in [2.24, 2.45) is 0 Å². The van der Waals surface area contributed by atoms with E-state index in [0.717, 1.165) is 22.1 Å². The summed E-state index contributed by atoms with van der Waals surface area (Å²) >= 11 is 2.57. The molecule has 2 heterocycles. The van der Waals surface area contributed by atoms with Crippen LogP contribution >= 0.6 is 23.1 Å². The number of nitrogens with one attached hydrogen (secondary N) is 1. The van der Waals surface area contributed by atoms with E-state index in [1.165, 1.54) is 23.1 Å². The molecule has 10 heteroatoms. The molecule has 148 valence electrons. The predicted octanol–water partition coefficient (Wildman–Crippen LogP) is 4.14. The van der Waals surface area contributed by atoms with Gasteiger partial charge in [0.25, 0.3) is 0 Å². The number of benzene rings is 2. The first kappa shape index (κ1) is 19.2. The summed E-state index contributed by atoms with van der Waals surface area (Å²) in [6.07, 6.45) is -0.588. The molecule has 1 N–H and O–H groups in total. The van der Waals surface area contributed by atoms with Crippen LogP contribution in [0.1, 0.15) is 0 Å². The van der Waals surface area contributed by atoms with Crippen molar-refractivity contribution in [1.29, 1.82) is 0 Å². The number of anilines is 2. The van der Waals surface area contributed by atoms with Gasteiger partial charge in [0.05, 0.1) is 12.3 Å². The molecule has 2 aromatic carbocycles. The van der Waals surface area contributed by atoms with Crippen molar-refractivity contribution >= 4 is 45.9 Å². The first-order chi connectivity index (χ1) is 14.2. The van der Waals surface area contributed by atoms with Crippen molar-refractivity contribution < 1.29 is 19.1 Å². The highest BCUT2D eigenvalue weighted by molar-refractivity contribution is 8.01. The zero-order valence-electron chi connectivity index (χ0n) is 15.1. The Hall–Kier alpha value is -3.11. The van der Waals surface area contributed by atoms with E-state index >= 15 is 0 Å². The van der Waals surface area contributed by atoms with Crippen LogP contribution in [0.4, 0.5) is 15.6 Å². The summed E-state index contributed by atoms with van der Waals surface area (Å²) in [5, 5.41) is 11.9. The number of ether oxygens (including phenoxy) is 2. The highest BCUT2D eigenvalue weighted by Crippen LogP contribution is 2.29. The number of imide groups is 1. The van der Waals surface area contributed by atoms with Crippen LogP contribution in [0.25, 0.3) is 0 Å². The first-order valence-corrected chi connectivity index (χ1v) is 10.5. The van der Waals surface area contributed by atoms with Crippen LogP contribution < -0.4 is 10.1 Å². The van der Waals surface area contributed by atoms with Crippen molar-refractivity contribution in [3.05, 3.63) is 54.6 Å². The van der Waals surface area contributed by atoms with Crippen LogP contribution in [0.3, 0.4) is 0 Å². The second-order valence-corrected chi connectivity index (χ2v) is 8.09. The molecule has 3 aromatic rings. The molecule has 29 heavy (non-hydrogen) atoms. The SMILES string of the molecule is O=C(CSc1nnc(Nc2ccc(Oc3ccccc3)cc2)s1)N1CCOC1=O. The maximum absolute atomic E-state index is 12.0. The number of amides is 2. The van der Waals surface area contributed by atoms with Crippen LogP contribution in [0.15, 0.2) is 58.9 Å². The second kappa shape index (κ2) is 8.93. The van der Waals surface area contributed by atoms with Gasteiger partial charge < -0.3 is 14.8 Å². The van der Waals surface area contributed by atoms with Crippen molar-refractivity contribution in [3.63, 3.8) is 0 Å². The molecular weight excluding hydrogens is 412 g/mol. The summed E-state index contributed by atoms with van der Waals surface area (Å²) in [6, 6.07) is 17.0. The minimum absolute atomic E-state index is 0.106. The topological polar surface area (TPSA) is 93.7 Å². The normalized spacial score (nSPS) is 13.2. The quantitative estimate of drug-likeness (QED) is 0.561. The van der Waals surface area contributed by atoms with E-state index in [1.54, 1.807) is 0 Å². The number of carbonyl (C=O) groups is 2. The largest absolute Gasteiger partial charge is 0.457 e. The van der Waals surface area contributed by atoms with Gasteiger partial charge in [0.1, 0.15) is 18.1 Å². The zero-order chi connectivity index (χ0) is 20.1. The smallest absolute Gasteiger partial charge is 0.416 e. The lowest BCUT2D eigenvalue weighted by molar-refractivity contribution is -0.125. The van der Waals surface area contributed by atoms with Gasteiger partial charge in [-0.05, 0) is 36.4 Å². The standard InChI is InChI=1S/C19H16N4O4S2/c24-16(23-10-11-26-19(23)25)12-28-18-22-21-17(29-18)20-13-6-8-15(9-7-13)27-14-4-2-1-3-5-14/h1-9H,10-12H2,(H,20,21). The average molecular weight is 428 g/mol. The number of thioether (sulfide) groups is 1. The lowest BCUT2D eigenvalue weighted by Gasteiger charge is -2.08. The van der Waals surface area contributed by atoms with E-state index in [4.69, 9.17) is 9.47 Å². The van der Waals surface area contributed by atoms with Crippen LogP contribution in [-0.4, -0.2) is 46.0 Å². The Bertz CT molecular complexity index is 995. The van der Waals surface area contributed by atoms with Crippen molar-refractivity contribution in [3.8, 4) is 11.5 Å². The summed E-state index contributed by atoms with van der Waals surface area (Å²) in [6.45, 7) is 0.544. The van der Waals surface area contributed by atoms with Gasteiger partial charge in [0, 0.05) is 5.69 Å². The molecule has 4 rings (SSSR count). The van der Waals surface area contributed by atoms with E-state index in [1.807, 2.05) is 54.6 Å². The third kappa shape index (κ3) is 5.04. The molecule has 0 saturated carbocycles. The number of hydrogen-bond donors (Lipinski definition) is 1. The Balaban J connectivity index is 1.29. The molecule has 8 nitrogen and oxygen atoms in total. The fourth-order valence-electron chi connectivity index (χ4n) is 2.49. The highest BCUT2D eigenvalue weighted by Gasteiger charge is 2.28. The molecule has 1 saturated heterocycles. The fourth-order valence-corrected chi connectivity index (χ4v) is 4.14. The molecule has 0 unspecified atom stereocenters. The maximum atomic E-state index is 12.0. The van der Waals surface area contributed by atoms with Gasteiger partial charge in [0.15, 0.2) is 4.34 Å². The molecule has 1 aliphatic rings. The number of cyclic esters (lactones) is 1. The van der Waals surface area contributed by atoms with Gasteiger partial charge in [-0.15, -0.1) is 10.2 Å². The van der Waals surface area contributed by atoms with E-state index in [0.29, 0.717) is 16.0 Å². The number of nitrogens with zero attached hydrogens (tertiary/aromatic N) is 3.